The molecule has 1 amide bonds. The highest BCUT2D eigenvalue weighted by Crippen LogP contribution is 2.37. The Morgan fingerprint density at radius 2 is 1.76 bits per heavy atom. The number of hydrogen-bond donors (Lipinski definition) is 2. The number of H-pyrrole nitrogens is 1. The number of carbonyl (C=O) groups excluding carboxylic acids is 1. The van der Waals surface area contributed by atoms with E-state index in [2.05, 4.69) is 31.1 Å². The quantitative estimate of drug-likeness (QED) is 0.325. The van der Waals surface area contributed by atoms with Gasteiger partial charge in [-0.05, 0) is 49.4 Å². The summed E-state index contributed by atoms with van der Waals surface area (Å²) in [5.74, 6) is -1.04. The number of aromatic nitrogens is 1. The molecular formula is C23H19BrN4O4S. The minimum absolute atomic E-state index is 0.0504. The summed E-state index contributed by atoms with van der Waals surface area (Å²) >= 11 is 3.36. The third-order valence-corrected chi connectivity index (χ3v) is 7.19. The fourth-order valence-electron chi connectivity index (χ4n) is 3.24. The van der Waals surface area contributed by atoms with Crippen LogP contribution in [0.1, 0.15) is 5.56 Å². The second kappa shape index (κ2) is 9.16. The Morgan fingerprint density at radius 1 is 1.06 bits per heavy atom. The number of aryl methyl sites for hydroxylation is 1. The Hall–Kier alpha value is -3.50. The number of fused-ring (bicyclic) bond motifs is 1. The second-order valence-corrected chi connectivity index (χ2v) is 10.0. The van der Waals surface area contributed by atoms with Crippen molar-refractivity contribution >= 4 is 54.1 Å². The average Bonchev–Trinajstić information content (AvgIpc) is 3.11. The molecule has 0 bridgehead atoms. The van der Waals surface area contributed by atoms with Gasteiger partial charge >= 0.3 is 0 Å². The lowest BCUT2D eigenvalue weighted by atomic mass is 10.2. The van der Waals surface area contributed by atoms with Gasteiger partial charge in [0.05, 0.1) is 16.1 Å². The van der Waals surface area contributed by atoms with Gasteiger partial charge in [0.2, 0.25) is 5.88 Å². The summed E-state index contributed by atoms with van der Waals surface area (Å²) in [6.07, 6.45) is 0. The summed E-state index contributed by atoms with van der Waals surface area (Å²) in [5, 5.41) is 18.3. The molecule has 1 heterocycles. The number of rotatable bonds is 6. The molecule has 0 aliphatic rings. The number of carbonyl (C=O) groups is 1. The van der Waals surface area contributed by atoms with E-state index < -0.39 is 22.5 Å². The minimum Gasteiger partial charge on any atom is -0.493 e. The highest BCUT2D eigenvalue weighted by molar-refractivity contribution is 9.10. The van der Waals surface area contributed by atoms with Crippen molar-refractivity contribution in [3.8, 4) is 5.88 Å². The zero-order valence-electron chi connectivity index (χ0n) is 17.4. The normalized spacial score (nSPS) is 11.8. The summed E-state index contributed by atoms with van der Waals surface area (Å²) < 4.78 is 28.4. The molecule has 4 rings (SSSR count). The number of sulfonamides is 1. The monoisotopic (exact) mass is 526 g/mol. The van der Waals surface area contributed by atoms with Crippen LogP contribution in [0.4, 0.5) is 11.4 Å². The van der Waals surface area contributed by atoms with Crippen molar-refractivity contribution in [2.75, 3.05) is 10.8 Å². The van der Waals surface area contributed by atoms with Crippen LogP contribution in [0.5, 0.6) is 5.88 Å². The number of nitrogens with zero attached hydrogens (tertiary/aromatic N) is 3. The largest absolute Gasteiger partial charge is 0.493 e. The number of aromatic amines is 1. The first kappa shape index (κ1) is 22.7. The van der Waals surface area contributed by atoms with E-state index in [-0.39, 0.29) is 16.5 Å². The molecular weight excluding hydrogens is 508 g/mol. The van der Waals surface area contributed by atoms with Crippen LogP contribution in [0.3, 0.4) is 0 Å². The van der Waals surface area contributed by atoms with E-state index >= 15 is 0 Å². The zero-order chi connectivity index (χ0) is 23.6. The Labute approximate surface area is 198 Å². The van der Waals surface area contributed by atoms with Crippen molar-refractivity contribution in [2.45, 2.75) is 11.8 Å². The van der Waals surface area contributed by atoms with Crippen LogP contribution in [0.15, 0.2) is 92.4 Å². The van der Waals surface area contributed by atoms with E-state index in [0.29, 0.717) is 16.6 Å². The van der Waals surface area contributed by atoms with Gasteiger partial charge in [0.25, 0.3) is 15.9 Å². The molecule has 0 radical (unpaired) electrons. The third-order valence-electron chi connectivity index (χ3n) is 4.91. The van der Waals surface area contributed by atoms with Gasteiger partial charge in [0, 0.05) is 9.86 Å². The molecule has 1 aromatic heterocycles. The maximum Gasteiger partial charge on any atom is 0.285 e. The van der Waals surface area contributed by atoms with Crippen LogP contribution in [0.25, 0.3) is 10.9 Å². The highest BCUT2D eigenvalue weighted by Gasteiger charge is 2.27. The van der Waals surface area contributed by atoms with Gasteiger partial charge in [-0.1, -0.05) is 51.8 Å². The number of anilines is 1. The molecule has 0 saturated heterocycles. The van der Waals surface area contributed by atoms with Crippen molar-refractivity contribution in [1.82, 2.24) is 4.98 Å². The van der Waals surface area contributed by atoms with E-state index in [1.165, 1.54) is 12.1 Å². The molecule has 33 heavy (non-hydrogen) atoms. The van der Waals surface area contributed by atoms with E-state index in [1.54, 1.807) is 60.7 Å². The number of azo groups is 1. The summed E-state index contributed by atoms with van der Waals surface area (Å²) in [7, 11) is -4.03. The van der Waals surface area contributed by atoms with E-state index in [1.807, 2.05) is 6.92 Å². The van der Waals surface area contributed by atoms with Crippen LogP contribution >= 0.6 is 15.9 Å². The fourth-order valence-corrected chi connectivity index (χ4v) is 5.04. The summed E-state index contributed by atoms with van der Waals surface area (Å²) in [6.45, 7) is 1.32. The number of nitrogens with one attached hydrogen (secondary N) is 1. The first-order valence-electron chi connectivity index (χ1n) is 9.85. The number of halogens is 1. The van der Waals surface area contributed by atoms with Gasteiger partial charge in [-0.15, -0.1) is 10.2 Å². The van der Waals surface area contributed by atoms with Crippen LogP contribution in [0, 0.1) is 6.92 Å². The van der Waals surface area contributed by atoms with Crippen molar-refractivity contribution in [3.05, 3.63) is 82.8 Å². The van der Waals surface area contributed by atoms with Gasteiger partial charge in [-0.3, -0.25) is 9.10 Å². The molecule has 3 aromatic carbocycles. The topological polar surface area (TPSA) is 115 Å². The van der Waals surface area contributed by atoms with Crippen molar-refractivity contribution < 1.29 is 18.3 Å². The molecule has 0 aliphatic heterocycles. The molecule has 168 valence electrons. The van der Waals surface area contributed by atoms with Crippen LogP contribution in [0.2, 0.25) is 0 Å². The summed E-state index contributed by atoms with van der Waals surface area (Å²) in [5.41, 5.74) is 1.98. The van der Waals surface area contributed by atoms with Gasteiger partial charge in [0.1, 0.15) is 6.54 Å². The van der Waals surface area contributed by atoms with Crippen LogP contribution in [-0.2, 0) is 14.8 Å². The Balaban J connectivity index is 1.67. The summed E-state index contributed by atoms with van der Waals surface area (Å²) in [4.78, 5) is 15.5. The molecule has 0 saturated carbocycles. The lowest BCUT2D eigenvalue weighted by Crippen LogP contribution is -2.35. The SMILES string of the molecule is Cc1ccc(N(CC(=O)N=Nc2c(O)[nH]c3ccc(Br)cc23)S(=O)(=O)c2ccccc2)cc1. The van der Waals surface area contributed by atoms with E-state index in [0.717, 1.165) is 14.3 Å². The number of amides is 1. The Morgan fingerprint density at radius 3 is 2.45 bits per heavy atom. The number of aromatic hydroxyl groups is 1. The molecule has 2 N–H and O–H groups in total. The van der Waals surface area contributed by atoms with Gasteiger partial charge in [0.15, 0.2) is 5.69 Å². The maximum atomic E-state index is 13.3. The smallest absolute Gasteiger partial charge is 0.285 e. The molecule has 0 aliphatic carbocycles. The maximum absolute atomic E-state index is 13.3. The first-order valence-corrected chi connectivity index (χ1v) is 12.1. The standard InChI is InChI=1S/C23H19BrN4O4S/c1-15-7-10-17(11-8-15)28(33(31,32)18-5-3-2-4-6-18)14-21(29)26-27-22-19-13-16(24)9-12-20(19)25-23(22)30/h2-13,25,30H,14H2,1H3. The van der Waals surface area contributed by atoms with Crippen molar-refractivity contribution in [2.24, 2.45) is 10.2 Å². The molecule has 0 fully saturated rings. The van der Waals surface area contributed by atoms with Crippen molar-refractivity contribution in [1.29, 1.82) is 0 Å². The Bertz CT molecular complexity index is 1450. The number of hydrogen-bond acceptors (Lipinski definition) is 5. The van der Waals surface area contributed by atoms with Crippen molar-refractivity contribution in [3.63, 3.8) is 0 Å². The zero-order valence-corrected chi connectivity index (χ0v) is 19.8. The van der Waals surface area contributed by atoms with Crippen LogP contribution < -0.4 is 4.31 Å². The fraction of sp³-hybridized carbons (Fsp3) is 0.0870. The third kappa shape index (κ3) is 4.81. The molecule has 10 heteroatoms. The predicted octanol–water partition coefficient (Wildman–Crippen LogP) is 5.45. The Kier molecular flexibility index (Phi) is 6.30. The van der Waals surface area contributed by atoms with Gasteiger partial charge < -0.3 is 10.1 Å². The van der Waals surface area contributed by atoms with Gasteiger partial charge in [-0.25, -0.2) is 8.42 Å². The molecule has 8 nitrogen and oxygen atoms in total. The van der Waals surface area contributed by atoms with E-state index in [4.69, 9.17) is 0 Å². The lowest BCUT2D eigenvalue weighted by Gasteiger charge is -2.23. The first-order chi connectivity index (χ1) is 15.8. The highest BCUT2D eigenvalue weighted by atomic mass is 79.9. The summed E-state index contributed by atoms with van der Waals surface area (Å²) in [6, 6.07) is 19.9. The van der Waals surface area contributed by atoms with Gasteiger partial charge in [-0.2, -0.15) is 0 Å². The lowest BCUT2D eigenvalue weighted by molar-refractivity contribution is -0.116. The molecule has 0 unspecified atom stereocenters. The molecule has 4 aromatic rings. The second-order valence-electron chi connectivity index (χ2n) is 7.27. The molecule has 0 atom stereocenters. The number of benzene rings is 3. The van der Waals surface area contributed by atoms with Crippen LogP contribution in [-0.4, -0.2) is 31.0 Å². The van der Waals surface area contributed by atoms with E-state index in [9.17, 15) is 18.3 Å². The predicted molar refractivity (Wildman–Crippen MR) is 129 cm³/mol. The molecule has 0 spiro atoms. The minimum atomic E-state index is -4.03. The average molecular weight is 527 g/mol.